The van der Waals surface area contributed by atoms with Crippen LogP contribution < -0.4 is 4.74 Å². The average molecular weight is 260 g/mol. The third kappa shape index (κ3) is 2.51. The maximum absolute atomic E-state index is 13.0. The molecule has 3 heteroatoms. The Labute approximate surface area is 110 Å². The van der Waals surface area contributed by atoms with Crippen molar-refractivity contribution >= 4 is 11.8 Å². The number of ether oxygens (including phenoxy) is 1. The van der Waals surface area contributed by atoms with Gasteiger partial charge < -0.3 is 4.74 Å². The summed E-state index contributed by atoms with van der Waals surface area (Å²) in [5.41, 5.74) is 1.38. The molecule has 2 aromatic rings. The van der Waals surface area contributed by atoms with Gasteiger partial charge in [0.2, 0.25) is 0 Å². The topological polar surface area (TPSA) is 9.23 Å². The maximum atomic E-state index is 13.0. The molecule has 3 rings (SSSR count). The van der Waals surface area contributed by atoms with E-state index in [0.29, 0.717) is 17.6 Å². The van der Waals surface area contributed by atoms with E-state index in [4.69, 9.17) is 4.74 Å². The van der Waals surface area contributed by atoms with Gasteiger partial charge in [-0.3, -0.25) is 0 Å². The fourth-order valence-electron chi connectivity index (χ4n) is 2.09. The number of hydrogen-bond acceptors (Lipinski definition) is 2. The molecule has 0 radical (unpaired) electrons. The Kier molecular flexibility index (Phi) is 3.24. The van der Waals surface area contributed by atoms with Crippen molar-refractivity contribution in [3.8, 4) is 5.75 Å². The number of halogens is 1. The van der Waals surface area contributed by atoms with Gasteiger partial charge in [-0.1, -0.05) is 24.3 Å². The first-order valence-electron chi connectivity index (χ1n) is 5.94. The normalized spacial score (nSPS) is 17.5. The van der Waals surface area contributed by atoms with E-state index in [1.165, 1.54) is 22.6 Å². The van der Waals surface area contributed by atoms with Gasteiger partial charge in [-0.25, -0.2) is 4.39 Å². The van der Waals surface area contributed by atoms with Crippen LogP contribution in [0.3, 0.4) is 0 Å². The monoisotopic (exact) mass is 260 g/mol. The van der Waals surface area contributed by atoms with Crippen LogP contribution in [0.5, 0.6) is 5.75 Å². The van der Waals surface area contributed by atoms with Gasteiger partial charge in [-0.2, -0.15) is 0 Å². The number of hydrogen-bond donors (Lipinski definition) is 0. The number of thioether (sulfide) groups is 1. The third-order valence-electron chi connectivity index (χ3n) is 2.95. The van der Waals surface area contributed by atoms with Crippen LogP contribution in [0.15, 0.2) is 53.4 Å². The molecule has 18 heavy (non-hydrogen) atoms. The summed E-state index contributed by atoms with van der Waals surface area (Å²) < 4.78 is 18.6. The average Bonchev–Trinajstić information content (AvgIpc) is 2.79. The lowest BCUT2D eigenvalue weighted by molar-refractivity contribution is 0.316. The predicted molar refractivity (Wildman–Crippen MR) is 71.7 cm³/mol. The molecule has 0 N–H and O–H groups in total. The van der Waals surface area contributed by atoms with E-state index < -0.39 is 0 Å². The first kappa shape index (κ1) is 11.6. The van der Waals surface area contributed by atoms with Gasteiger partial charge >= 0.3 is 0 Å². The van der Waals surface area contributed by atoms with E-state index in [-0.39, 0.29) is 5.82 Å². The summed E-state index contributed by atoms with van der Waals surface area (Å²) in [7, 11) is 0. The second-order valence-electron chi connectivity index (χ2n) is 4.32. The molecule has 1 aliphatic rings. The zero-order chi connectivity index (χ0) is 12.4. The van der Waals surface area contributed by atoms with Crippen LogP contribution in [-0.4, -0.2) is 11.9 Å². The molecule has 2 aromatic carbocycles. The van der Waals surface area contributed by atoms with E-state index in [0.717, 1.165) is 6.42 Å². The zero-order valence-electron chi connectivity index (χ0n) is 9.80. The summed E-state index contributed by atoms with van der Waals surface area (Å²) >= 11 is 1.84. The number of benzene rings is 2. The lowest BCUT2D eigenvalue weighted by Crippen LogP contribution is -2.13. The van der Waals surface area contributed by atoms with E-state index in [9.17, 15) is 4.39 Å². The van der Waals surface area contributed by atoms with Gasteiger partial charge in [0.15, 0.2) is 0 Å². The first-order chi connectivity index (χ1) is 8.81. The molecule has 0 amide bonds. The van der Waals surface area contributed by atoms with Crippen LogP contribution in [0.25, 0.3) is 0 Å². The number of fused-ring (bicyclic) bond motifs is 1. The molecule has 0 aliphatic carbocycles. The largest absolute Gasteiger partial charge is 0.492 e. The van der Waals surface area contributed by atoms with Gasteiger partial charge in [0.1, 0.15) is 18.2 Å². The lowest BCUT2D eigenvalue weighted by Gasteiger charge is -2.10. The summed E-state index contributed by atoms with van der Waals surface area (Å²) in [6.07, 6.45) is 1.02. The summed E-state index contributed by atoms with van der Waals surface area (Å²) in [5, 5.41) is 0.422. The van der Waals surface area contributed by atoms with Crippen molar-refractivity contribution in [3.05, 3.63) is 59.9 Å². The Bertz CT molecular complexity index is 531. The Balaban J connectivity index is 1.60. The molecule has 0 saturated carbocycles. The van der Waals surface area contributed by atoms with Gasteiger partial charge in [0.25, 0.3) is 0 Å². The Morgan fingerprint density at radius 2 is 2.06 bits per heavy atom. The smallest absolute Gasteiger partial charge is 0.126 e. The highest BCUT2D eigenvalue weighted by Gasteiger charge is 2.22. The van der Waals surface area contributed by atoms with Crippen LogP contribution >= 0.6 is 11.8 Å². The summed E-state index contributed by atoms with van der Waals surface area (Å²) in [5.74, 6) is 0.349. The number of rotatable bonds is 3. The molecule has 0 saturated heterocycles. The molecule has 92 valence electrons. The summed E-state index contributed by atoms with van der Waals surface area (Å²) in [6, 6.07) is 14.7. The van der Waals surface area contributed by atoms with Crippen molar-refractivity contribution in [1.29, 1.82) is 0 Å². The predicted octanol–water partition coefficient (Wildman–Crippen LogP) is 3.92. The van der Waals surface area contributed by atoms with E-state index in [2.05, 4.69) is 24.3 Å². The molecule has 1 aliphatic heterocycles. The highest BCUT2D eigenvalue weighted by atomic mass is 32.2. The van der Waals surface area contributed by atoms with Crippen molar-refractivity contribution in [2.75, 3.05) is 6.61 Å². The highest BCUT2D eigenvalue weighted by molar-refractivity contribution is 8.00. The fraction of sp³-hybridized carbons (Fsp3) is 0.200. The van der Waals surface area contributed by atoms with Crippen LogP contribution in [0, 0.1) is 5.82 Å². The first-order valence-corrected chi connectivity index (χ1v) is 6.82. The molecular formula is C15H13FOS. The van der Waals surface area contributed by atoms with Gasteiger partial charge in [0.05, 0.1) is 0 Å². The minimum Gasteiger partial charge on any atom is -0.492 e. The van der Waals surface area contributed by atoms with Crippen molar-refractivity contribution < 1.29 is 9.13 Å². The quantitative estimate of drug-likeness (QED) is 0.827. The Hall–Kier alpha value is -1.48. The molecule has 1 nitrogen and oxygen atoms in total. The van der Waals surface area contributed by atoms with E-state index in [1.807, 2.05) is 11.8 Å². The Morgan fingerprint density at radius 1 is 1.17 bits per heavy atom. The standard InChI is InChI=1S/C15H13FOS/c16-12-5-3-6-13(9-12)17-10-14-8-11-4-1-2-7-15(11)18-14/h1-7,9,14H,8,10H2. The van der Waals surface area contributed by atoms with Gasteiger partial charge in [-0.05, 0) is 30.2 Å². The minimum absolute atomic E-state index is 0.255. The maximum Gasteiger partial charge on any atom is 0.126 e. The summed E-state index contributed by atoms with van der Waals surface area (Å²) in [6.45, 7) is 0.614. The van der Waals surface area contributed by atoms with Crippen LogP contribution in [0.1, 0.15) is 5.56 Å². The Morgan fingerprint density at radius 3 is 2.89 bits per heavy atom. The van der Waals surface area contributed by atoms with Crippen molar-refractivity contribution in [2.24, 2.45) is 0 Å². The molecular weight excluding hydrogens is 247 g/mol. The van der Waals surface area contributed by atoms with E-state index in [1.54, 1.807) is 12.1 Å². The second-order valence-corrected chi connectivity index (χ2v) is 5.66. The molecule has 0 bridgehead atoms. The summed E-state index contributed by atoms with van der Waals surface area (Å²) in [4.78, 5) is 1.34. The van der Waals surface area contributed by atoms with Crippen molar-refractivity contribution in [1.82, 2.24) is 0 Å². The molecule has 1 heterocycles. The van der Waals surface area contributed by atoms with Gasteiger partial charge in [-0.15, -0.1) is 11.8 Å². The van der Waals surface area contributed by atoms with Crippen LogP contribution in [-0.2, 0) is 6.42 Å². The molecule has 1 unspecified atom stereocenters. The van der Waals surface area contributed by atoms with Crippen molar-refractivity contribution in [3.63, 3.8) is 0 Å². The molecule has 1 atom stereocenters. The lowest BCUT2D eigenvalue weighted by atomic mass is 10.1. The zero-order valence-corrected chi connectivity index (χ0v) is 10.6. The van der Waals surface area contributed by atoms with Crippen LogP contribution in [0.2, 0.25) is 0 Å². The van der Waals surface area contributed by atoms with Gasteiger partial charge in [0, 0.05) is 16.2 Å². The molecule has 0 fully saturated rings. The van der Waals surface area contributed by atoms with E-state index >= 15 is 0 Å². The molecule has 0 spiro atoms. The van der Waals surface area contributed by atoms with Crippen LogP contribution in [0.4, 0.5) is 4.39 Å². The molecule has 0 aromatic heterocycles. The SMILES string of the molecule is Fc1cccc(OCC2Cc3ccccc3S2)c1. The van der Waals surface area contributed by atoms with Crippen molar-refractivity contribution in [2.45, 2.75) is 16.6 Å². The second kappa shape index (κ2) is 5.02. The highest BCUT2D eigenvalue weighted by Crippen LogP contribution is 2.36. The fourth-order valence-corrected chi connectivity index (χ4v) is 3.31. The minimum atomic E-state index is -0.255. The third-order valence-corrected chi connectivity index (χ3v) is 4.23.